The van der Waals surface area contributed by atoms with Gasteiger partial charge in [0.25, 0.3) is 0 Å². The van der Waals surface area contributed by atoms with Crippen molar-refractivity contribution in [3.8, 4) is 0 Å². The van der Waals surface area contributed by atoms with E-state index >= 15 is 0 Å². The van der Waals surface area contributed by atoms with Gasteiger partial charge in [-0.05, 0) is 37.7 Å². The van der Waals surface area contributed by atoms with Gasteiger partial charge in [0, 0.05) is 36.9 Å². The van der Waals surface area contributed by atoms with Crippen LogP contribution in [0.1, 0.15) is 28.8 Å². The Labute approximate surface area is 143 Å². The Morgan fingerprint density at radius 1 is 1.30 bits per heavy atom. The van der Waals surface area contributed by atoms with Crippen molar-refractivity contribution < 1.29 is 0 Å². The van der Waals surface area contributed by atoms with Gasteiger partial charge >= 0.3 is 0 Å². The van der Waals surface area contributed by atoms with Gasteiger partial charge in [-0.25, -0.2) is 4.98 Å². The summed E-state index contributed by atoms with van der Waals surface area (Å²) in [7, 11) is 1.90. The van der Waals surface area contributed by atoms with Gasteiger partial charge < -0.3 is 5.32 Å². The highest BCUT2D eigenvalue weighted by Crippen LogP contribution is 2.13. The minimum absolute atomic E-state index is 0.613. The molecule has 23 heavy (non-hydrogen) atoms. The molecule has 0 aliphatic carbocycles. The van der Waals surface area contributed by atoms with Gasteiger partial charge in [-0.2, -0.15) is 0 Å². The van der Waals surface area contributed by atoms with Crippen LogP contribution < -0.4 is 5.32 Å². The van der Waals surface area contributed by atoms with Gasteiger partial charge in [0.15, 0.2) is 0 Å². The van der Waals surface area contributed by atoms with Gasteiger partial charge in [-0.1, -0.05) is 37.3 Å². The van der Waals surface area contributed by atoms with E-state index < -0.39 is 0 Å². The lowest BCUT2D eigenvalue weighted by Crippen LogP contribution is -2.26. The zero-order chi connectivity index (χ0) is 16.5. The number of benzene rings is 1. The first-order chi connectivity index (χ1) is 11.2. The Morgan fingerprint density at radius 3 is 2.74 bits per heavy atom. The molecule has 3 nitrogen and oxygen atoms in total. The molecule has 1 unspecified atom stereocenters. The van der Waals surface area contributed by atoms with Crippen molar-refractivity contribution in [3.05, 3.63) is 52.0 Å². The van der Waals surface area contributed by atoms with Crippen LogP contribution >= 0.6 is 11.3 Å². The number of nitrogens with zero attached hydrogens (tertiary/aromatic N) is 2. The molecule has 1 aromatic heterocycles. The van der Waals surface area contributed by atoms with Crippen LogP contribution in [0.2, 0.25) is 0 Å². The van der Waals surface area contributed by atoms with Gasteiger partial charge in [-0.3, -0.25) is 4.99 Å². The average Bonchev–Trinajstić information content (AvgIpc) is 2.96. The van der Waals surface area contributed by atoms with E-state index in [1.807, 2.05) is 13.2 Å². The van der Waals surface area contributed by atoms with Crippen LogP contribution in [0.5, 0.6) is 0 Å². The minimum atomic E-state index is 0.613. The largest absolute Gasteiger partial charge is 0.311 e. The standard InChI is InChI=1S/C19H27N3S/c1-15(11-17-7-5-4-6-8-17)12-18(20-3)13-21-10-9-19-14-22-16(2)23-19/h4-8,14-15,21H,9-13H2,1-3H3. The van der Waals surface area contributed by atoms with Gasteiger partial charge in [-0.15, -0.1) is 11.3 Å². The smallest absolute Gasteiger partial charge is 0.0896 e. The highest BCUT2D eigenvalue weighted by Gasteiger charge is 2.08. The van der Waals surface area contributed by atoms with Crippen LogP contribution in [0.25, 0.3) is 0 Å². The molecule has 1 heterocycles. The maximum atomic E-state index is 4.46. The SMILES string of the molecule is CN=C(CNCCc1cnc(C)s1)CC(C)Cc1ccccc1. The Morgan fingerprint density at radius 2 is 2.09 bits per heavy atom. The molecule has 0 amide bonds. The van der Waals surface area contributed by atoms with E-state index in [9.17, 15) is 0 Å². The number of thiazole rings is 1. The van der Waals surface area contributed by atoms with E-state index in [0.717, 1.165) is 37.4 Å². The molecule has 124 valence electrons. The zero-order valence-electron chi connectivity index (χ0n) is 14.4. The number of aryl methyl sites for hydroxylation is 1. The molecule has 4 heteroatoms. The van der Waals surface area contributed by atoms with E-state index in [-0.39, 0.29) is 0 Å². The van der Waals surface area contributed by atoms with Gasteiger partial charge in [0.05, 0.1) is 5.01 Å². The number of aromatic nitrogens is 1. The van der Waals surface area contributed by atoms with Crippen LogP contribution in [0.4, 0.5) is 0 Å². The quantitative estimate of drug-likeness (QED) is 0.559. The van der Waals surface area contributed by atoms with E-state index in [4.69, 9.17) is 0 Å². The first kappa shape index (κ1) is 17.8. The summed E-state index contributed by atoms with van der Waals surface area (Å²) in [6.07, 6.45) is 5.19. The van der Waals surface area contributed by atoms with Crippen LogP contribution in [-0.2, 0) is 12.8 Å². The summed E-state index contributed by atoms with van der Waals surface area (Å²) >= 11 is 1.78. The monoisotopic (exact) mass is 329 g/mol. The number of rotatable bonds is 9. The summed E-state index contributed by atoms with van der Waals surface area (Å²) in [5.41, 5.74) is 2.66. The fourth-order valence-electron chi connectivity index (χ4n) is 2.70. The highest BCUT2D eigenvalue weighted by molar-refractivity contribution is 7.11. The third-order valence-electron chi connectivity index (χ3n) is 3.87. The first-order valence-electron chi connectivity index (χ1n) is 8.28. The lowest BCUT2D eigenvalue weighted by atomic mass is 9.96. The Hall–Kier alpha value is -1.52. The molecule has 0 spiro atoms. The second-order valence-electron chi connectivity index (χ2n) is 6.06. The Kier molecular flexibility index (Phi) is 7.43. The van der Waals surface area contributed by atoms with Crippen LogP contribution in [0, 0.1) is 12.8 Å². The summed E-state index contributed by atoms with van der Waals surface area (Å²) in [5, 5.41) is 4.66. The van der Waals surface area contributed by atoms with E-state index in [0.29, 0.717) is 5.92 Å². The van der Waals surface area contributed by atoms with Crippen LogP contribution in [0.3, 0.4) is 0 Å². The number of hydrogen-bond donors (Lipinski definition) is 1. The Bertz CT molecular complexity index is 604. The molecule has 1 N–H and O–H groups in total. The van der Waals surface area contributed by atoms with E-state index in [1.54, 1.807) is 11.3 Å². The summed E-state index contributed by atoms with van der Waals surface area (Å²) < 4.78 is 0. The van der Waals surface area contributed by atoms with E-state index in [2.05, 4.69) is 59.5 Å². The summed E-state index contributed by atoms with van der Waals surface area (Å²) in [5.74, 6) is 0.613. The fraction of sp³-hybridized carbons (Fsp3) is 0.474. The maximum absolute atomic E-state index is 4.46. The third-order valence-corrected chi connectivity index (χ3v) is 4.85. The van der Waals surface area contributed by atoms with Crippen molar-refractivity contribution in [1.29, 1.82) is 0 Å². The van der Waals surface area contributed by atoms with Crippen molar-refractivity contribution in [2.24, 2.45) is 10.9 Å². The van der Waals surface area contributed by atoms with Crippen LogP contribution in [0.15, 0.2) is 41.5 Å². The zero-order valence-corrected chi connectivity index (χ0v) is 15.2. The molecular weight excluding hydrogens is 302 g/mol. The molecule has 0 radical (unpaired) electrons. The molecule has 2 aromatic rings. The molecule has 0 aliphatic heterocycles. The normalized spacial score (nSPS) is 13.3. The number of hydrogen-bond acceptors (Lipinski definition) is 4. The fourth-order valence-corrected chi connectivity index (χ4v) is 3.49. The molecule has 1 atom stereocenters. The molecule has 0 aliphatic rings. The van der Waals surface area contributed by atoms with Crippen molar-refractivity contribution in [2.75, 3.05) is 20.1 Å². The Balaban J connectivity index is 1.68. The molecule has 0 bridgehead atoms. The maximum Gasteiger partial charge on any atom is 0.0896 e. The minimum Gasteiger partial charge on any atom is -0.311 e. The second-order valence-corrected chi connectivity index (χ2v) is 7.38. The molecule has 0 saturated heterocycles. The van der Waals surface area contributed by atoms with Crippen molar-refractivity contribution >= 4 is 17.0 Å². The van der Waals surface area contributed by atoms with Crippen LogP contribution in [-0.4, -0.2) is 30.8 Å². The molecule has 0 saturated carbocycles. The topological polar surface area (TPSA) is 37.3 Å². The molecular formula is C19H27N3S. The lowest BCUT2D eigenvalue weighted by molar-refractivity contribution is 0.598. The van der Waals surface area contributed by atoms with Crippen molar-refractivity contribution in [1.82, 2.24) is 10.3 Å². The predicted octanol–water partition coefficient (Wildman–Crippen LogP) is 3.92. The summed E-state index contributed by atoms with van der Waals surface area (Å²) in [4.78, 5) is 10.1. The second kappa shape index (κ2) is 9.58. The molecule has 2 rings (SSSR count). The predicted molar refractivity (Wildman–Crippen MR) is 101 cm³/mol. The molecule has 0 fully saturated rings. The summed E-state index contributed by atoms with van der Waals surface area (Å²) in [6, 6.07) is 10.7. The van der Waals surface area contributed by atoms with Gasteiger partial charge in [0.2, 0.25) is 0 Å². The number of aliphatic imine (C=N–C) groups is 1. The lowest BCUT2D eigenvalue weighted by Gasteiger charge is -2.14. The first-order valence-corrected chi connectivity index (χ1v) is 9.09. The van der Waals surface area contributed by atoms with Crippen molar-refractivity contribution in [2.45, 2.75) is 33.1 Å². The molecule has 1 aromatic carbocycles. The van der Waals surface area contributed by atoms with Gasteiger partial charge in [0.1, 0.15) is 0 Å². The number of nitrogens with one attached hydrogen (secondary N) is 1. The average molecular weight is 330 g/mol. The third kappa shape index (κ3) is 6.63. The highest BCUT2D eigenvalue weighted by atomic mass is 32.1. The van der Waals surface area contributed by atoms with Crippen molar-refractivity contribution in [3.63, 3.8) is 0 Å². The van der Waals surface area contributed by atoms with E-state index in [1.165, 1.54) is 16.2 Å². The summed E-state index contributed by atoms with van der Waals surface area (Å²) in [6.45, 7) is 6.22.